The highest BCUT2D eigenvalue weighted by atomic mass is 31.2. The van der Waals surface area contributed by atoms with E-state index in [0.29, 0.717) is 62.7 Å². The number of amides is 9. The van der Waals surface area contributed by atoms with Gasteiger partial charge in [-0.25, -0.2) is 0 Å². The largest absolute Gasteiger partial charge is 0.399 e. The average Bonchev–Trinajstić information content (AvgIpc) is 4.41. The number of benzene rings is 3. The summed E-state index contributed by atoms with van der Waals surface area (Å²) >= 11 is 0. The topological polar surface area (TPSA) is 311 Å². The van der Waals surface area contributed by atoms with Crippen LogP contribution in [0.2, 0.25) is 0 Å². The second-order valence-electron chi connectivity index (χ2n) is 22.6. The minimum atomic E-state index is -5.89. The van der Waals surface area contributed by atoms with E-state index < -0.39 is 90.5 Å². The number of rotatable bonds is 16. The van der Waals surface area contributed by atoms with Crippen LogP contribution in [0.5, 0.6) is 0 Å². The van der Waals surface area contributed by atoms with Gasteiger partial charge in [-0.2, -0.15) is 8.78 Å². The van der Waals surface area contributed by atoms with Crippen molar-refractivity contribution >= 4 is 71.7 Å². The van der Waals surface area contributed by atoms with Gasteiger partial charge >= 0.3 is 13.3 Å². The van der Waals surface area contributed by atoms with Crippen LogP contribution in [0.15, 0.2) is 66.7 Å². The Balaban J connectivity index is 0.788. The van der Waals surface area contributed by atoms with E-state index in [1.54, 1.807) is 29.2 Å². The van der Waals surface area contributed by atoms with Crippen molar-refractivity contribution in [1.29, 1.82) is 0 Å². The van der Waals surface area contributed by atoms with Gasteiger partial charge in [-0.05, 0) is 117 Å². The number of aromatic nitrogens is 1. The third kappa shape index (κ3) is 12.3. The first-order valence-corrected chi connectivity index (χ1v) is 30.0. The number of likely N-dealkylation sites (tertiary alicyclic amines) is 1. The van der Waals surface area contributed by atoms with Gasteiger partial charge in [-0.15, -0.1) is 0 Å². The first-order chi connectivity index (χ1) is 39.7. The molecule has 1 saturated carbocycles. The van der Waals surface area contributed by atoms with Crippen molar-refractivity contribution in [3.63, 3.8) is 0 Å². The summed E-state index contributed by atoms with van der Waals surface area (Å²) in [5.74, 6) is 1.74. The molecule has 9 amide bonds. The fraction of sp³-hybridized carbons (Fsp3) is 0.475. The molecule has 0 spiro atoms. The number of carbonyl (C=O) groups excluding carboxylic acids is 9. The van der Waals surface area contributed by atoms with Crippen LogP contribution in [-0.2, 0) is 56.8 Å². The SMILES string of the molecule is NC(=O)CC[C@H](NC(=O)[C@@H]1CC[C@@H]2c3ccccc3C[C@H](NC(=O)c3cc4cc(C(F)(F)P(=O)(O)O)ccc4[nH]3)C(=O)N21)C(=O)N[C@H](C(=O)N1CCC(CCC#Cc2cccc3c2CN(C2CCC(=O)NC2=O)C3=O)CC1)C1CCCCC1. The first-order valence-electron chi connectivity index (χ1n) is 28.4. The van der Waals surface area contributed by atoms with E-state index in [-0.39, 0.29) is 91.2 Å². The van der Waals surface area contributed by atoms with Crippen LogP contribution in [0.1, 0.15) is 151 Å². The Morgan fingerprint density at radius 1 is 0.867 bits per heavy atom. The lowest BCUT2D eigenvalue weighted by atomic mass is 9.82. The van der Waals surface area contributed by atoms with Crippen molar-refractivity contribution < 1.29 is 66.3 Å². The minimum Gasteiger partial charge on any atom is -0.370 e. The summed E-state index contributed by atoms with van der Waals surface area (Å²) in [6, 6.07) is 10.6. The fourth-order valence-corrected chi connectivity index (χ4v) is 13.3. The Morgan fingerprint density at radius 3 is 2.36 bits per heavy atom. The van der Waals surface area contributed by atoms with E-state index in [1.165, 1.54) is 15.9 Å². The molecule has 438 valence electrons. The molecule has 4 aromatic rings. The Bertz CT molecular complexity index is 3390. The molecule has 6 aliphatic rings. The zero-order chi connectivity index (χ0) is 58.9. The number of H-pyrrole nitrogens is 1. The monoisotopic (exact) mass is 1160 g/mol. The number of carbonyl (C=O) groups is 9. The van der Waals surface area contributed by atoms with Gasteiger partial charge in [0.15, 0.2) is 0 Å². The van der Waals surface area contributed by atoms with E-state index in [4.69, 9.17) is 5.73 Å². The summed E-state index contributed by atoms with van der Waals surface area (Å²) in [6.07, 6.45) is 7.30. The van der Waals surface area contributed by atoms with Gasteiger partial charge in [0.05, 0.1) is 6.04 Å². The number of piperidine rings is 2. The predicted molar refractivity (Wildman–Crippen MR) is 295 cm³/mol. The predicted octanol–water partition coefficient (Wildman–Crippen LogP) is 4.43. The van der Waals surface area contributed by atoms with Crippen molar-refractivity contribution in [3.05, 3.63) is 106 Å². The zero-order valence-corrected chi connectivity index (χ0v) is 46.4. The van der Waals surface area contributed by atoms with Gasteiger partial charge in [0.2, 0.25) is 41.4 Å². The molecule has 5 aliphatic heterocycles. The van der Waals surface area contributed by atoms with Crippen LogP contribution in [0, 0.1) is 23.7 Å². The molecule has 1 aromatic heterocycles. The second kappa shape index (κ2) is 24.2. The van der Waals surface area contributed by atoms with Gasteiger partial charge < -0.3 is 51.2 Å². The van der Waals surface area contributed by atoms with Gasteiger partial charge in [0.25, 0.3) is 11.8 Å². The summed E-state index contributed by atoms with van der Waals surface area (Å²) in [5, 5.41) is 10.9. The van der Waals surface area contributed by atoms with E-state index in [1.807, 2.05) is 18.2 Å². The minimum absolute atomic E-state index is 0.0197. The van der Waals surface area contributed by atoms with Crippen LogP contribution >= 0.6 is 7.60 Å². The number of aromatic amines is 1. The lowest BCUT2D eigenvalue weighted by molar-refractivity contribution is -0.143. The van der Waals surface area contributed by atoms with E-state index >= 15 is 0 Å². The average molecular weight is 1160 g/mol. The molecular weight excluding hydrogens is 1100 g/mol. The van der Waals surface area contributed by atoms with Crippen LogP contribution in [0.3, 0.4) is 0 Å². The second-order valence-corrected chi connectivity index (χ2v) is 24.3. The number of alkyl halides is 2. The molecule has 1 aliphatic carbocycles. The molecule has 83 heavy (non-hydrogen) atoms. The maximum Gasteiger partial charge on any atom is 0.399 e. The molecule has 4 fully saturated rings. The smallest absolute Gasteiger partial charge is 0.370 e. The molecular formula is C59H66F2N9O12P. The van der Waals surface area contributed by atoms with Gasteiger partial charge in [-0.1, -0.05) is 67.5 Å². The van der Waals surface area contributed by atoms with Gasteiger partial charge in [0, 0.05) is 72.9 Å². The number of nitrogens with two attached hydrogens (primary N) is 1. The number of hydrogen-bond donors (Lipinski definition) is 8. The summed E-state index contributed by atoms with van der Waals surface area (Å²) in [6.45, 7) is 1.12. The third-order valence-corrected chi connectivity index (χ3v) is 18.4. The number of imide groups is 1. The highest BCUT2D eigenvalue weighted by molar-refractivity contribution is 7.52. The highest BCUT2D eigenvalue weighted by Crippen LogP contribution is 2.59. The van der Waals surface area contributed by atoms with E-state index in [2.05, 4.69) is 38.1 Å². The summed E-state index contributed by atoms with van der Waals surface area (Å²) in [7, 11) is -5.89. The molecule has 0 bridgehead atoms. The molecule has 3 aromatic carbocycles. The van der Waals surface area contributed by atoms with E-state index in [9.17, 15) is 66.3 Å². The normalized spacial score (nSPS) is 22.1. The summed E-state index contributed by atoms with van der Waals surface area (Å²) in [5.41, 5.74) is 3.62. The number of fused-ring (bicyclic) bond motifs is 5. The molecule has 0 radical (unpaired) electrons. The first kappa shape index (κ1) is 58.4. The molecule has 6 heterocycles. The van der Waals surface area contributed by atoms with Crippen molar-refractivity contribution in [2.75, 3.05) is 13.1 Å². The van der Waals surface area contributed by atoms with Crippen LogP contribution < -0.4 is 27.0 Å². The van der Waals surface area contributed by atoms with Gasteiger partial charge in [0.1, 0.15) is 35.9 Å². The summed E-state index contributed by atoms with van der Waals surface area (Å²) < 4.78 is 40.8. The van der Waals surface area contributed by atoms with Crippen molar-refractivity contribution in [2.24, 2.45) is 17.6 Å². The number of hydrogen-bond acceptors (Lipinski definition) is 10. The Morgan fingerprint density at radius 2 is 1.63 bits per heavy atom. The molecule has 24 heteroatoms. The fourth-order valence-electron chi connectivity index (χ4n) is 12.9. The number of nitrogens with zero attached hydrogens (tertiary/aromatic N) is 3. The quantitative estimate of drug-likeness (QED) is 0.0439. The van der Waals surface area contributed by atoms with Crippen LogP contribution in [0.4, 0.5) is 8.78 Å². The highest BCUT2D eigenvalue weighted by Gasteiger charge is 2.51. The molecule has 1 unspecified atom stereocenters. The third-order valence-electron chi connectivity index (χ3n) is 17.4. The molecule has 10 rings (SSSR count). The van der Waals surface area contributed by atoms with Crippen molar-refractivity contribution in [3.8, 4) is 11.8 Å². The lowest BCUT2D eigenvalue weighted by Crippen LogP contribution is -2.59. The number of nitrogens with one attached hydrogen (secondary N) is 5. The number of primary amides is 1. The Hall–Kier alpha value is -7.80. The standard InChI is InChI=1S/C59H66F2N9O12P/c60-59(61,83(80,81)82)38-17-18-42-37(29-38)31-44(63-42)53(74)65-45-30-36-13-6-7-15-39(36)46-20-21-48(70(46)57(45)78)55(76)64-43(19-23-49(62)71)52(73)67-51(35-11-2-1-3-12-35)58(79)68-27-25-33(26-28-68)9-4-5-10-34-14-8-16-40-41(34)32-69(56(40)77)47-22-24-50(72)66-54(47)75/h6-8,13-18,29,31,33,35,43,45-48,51,63H,1-4,9,11-12,19-28,30,32H2,(H2,62,71)(H,64,76)(H,65,74)(H,67,73)(H,66,72,75)(H2,80,81,82)/t43-,45-,46+,47?,48-,51-/m0/s1. The van der Waals surface area contributed by atoms with Crippen molar-refractivity contribution in [2.45, 2.75) is 151 Å². The molecule has 3 saturated heterocycles. The Kier molecular flexibility index (Phi) is 17.0. The molecule has 6 atom stereocenters. The molecule has 9 N–H and O–H groups in total. The Labute approximate surface area is 476 Å². The van der Waals surface area contributed by atoms with Crippen LogP contribution in [-0.4, -0.2) is 126 Å². The van der Waals surface area contributed by atoms with Crippen LogP contribution in [0.25, 0.3) is 10.9 Å². The molecule has 21 nitrogen and oxygen atoms in total. The number of halogens is 2. The summed E-state index contributed by atoms with van der Waals surface area (Å²) in [4.78, 5) is 148. The maximum absolute atomic E-state index is 14.8. The maximum atomic E-state index is 14.8. The lowest BCUT2D eigenvalue weighted by Gasteiger charge is -2.38. The van der Waals surface area contributed by atoms with Crippen molar-refractivity contribution in [1.82, 2.24) is 41.0 Å². The zero-order valence-electron chi connectivity index (χ0n) is 45.5. The van der Waals surface area contributed by atoms with E-state index in [0.717, 1.165) is 60.6 Å². The van der Waals surface area contributed by atoms with Gasteiger partial charge in [-0.3, -0.25) is 53.0 Å².